The van der Waals surface area contributed by atoms with Gasteiger partial charge in [-0.05, 0) is 47.8 Å². The van der Waals surface area contributed by atoms with Crippen molar-refractivity contribution in [3.63, 3.8) is 0 Å². The predicted molar refractivity (Wildman–Crippen MR) is 126 cm³/mol. The third kappa shape index (κ3) is 5.68. The summed E-state index contributed by atoms with van der Waals surface area (Å²) in [6.45, 7) is 0.767. The van der Waals surface area contributed by atoms with Gasteiger partial charge in [0.1, 0.15) is 18.1 Å². The van der Waals surface area contributed by atoms with Crippen molar-refractivity contribution in [2.24, 2.45) is 0 Å². The van der Waals surface area contributed by atoms with Crippen LogP contribution in [0, 0.1) is 0 Å². The number of thiophene rings is 1. The van der Waals surface area contributed by atoms with Crippen LogP contribution in [-0.4, -0.2) is 33.5 Å². The number of thioether (sulfide) groups is 1. The fourth-order valence-corrected chi connectivity index (χ4v) is 4.37. The maximum Gasteiger partial charge on any atom is 0.230 e. The number of nitrogens with zero attached hydrogens (tertiary/aromatic N) is 3. The Labute approximate surface area is 194 Å². The molecule has 164 valence electrons. The molecular weight excluding hydrogens is 444 g/mol. The fourth-order valence-electron chi connectivity index (χ4n) is 2.92. The number of amides is 1. The van der Waals surface area contributed by atoms with E-state index in [1.165, 1.54) is 11.8 Å². The Morgan fingerprint density at radius 2 is 1.81 bits per heavy atom. The van der Waals surface area contributed by atoms with Gasteiger partial charge in [0, 0.05) is 10.6 Å². The van der Waals surface area contributed by atoms with Gasteiger partial charge >= 0.3 is 0 Å². The summed E-state index contributed by atoms with van der Waals surface area (Å²) in [6.07, 6.45) is 0. The zero-order chi connectivity index (χ0) is 22.2. The molecule has 0 aliphatic carbocycles. The monoisotopic (exact) mass is 466 g/mol. The lowest BCUT2D eigenvalue weighted by Crippen LogP contribution is -2.24. The normalized spacial score (nSPS) is 10.7. The second kappa shape index (κ2) is 10.8. The number of para-hydroxylation sites is 1. The molecule has 2 heterocycles. The SMILES string of the molecule is COc1ccc(OCc2nnc(SCC(=O)NCc3cccs3)n2-c2ccccc2)cc1. The highest BCUT2D eigenvalue weighted by Crippen LogP contribution is 2.24. The minimum absolute atomic E-state index is 0.0537. The third-order valence-corrected chi connectivity index (χ3v) is 6.32. The highest BCUT2D eigenvalue weighted by atomic mass is 32.2. The number of benzene rings is 2. The molecule has 0 unspecified atom stereocenters. The van der Waals surface area contributed by atoms with Gasteiger partial charge in [-0.3, -0.25) is 9.36 Å². The van der Waals surface area contributed by atoms with Crippen LogP contribution in [0.2, 0.25) is 0 Å². The van der Waals surface area contributed by atoms with Gasteiger partial charge in [-0.25, -0.2) is 0 Å². The number of carbonyl (C=O) groups excluding carboxylic acids is 1. The molecule has 4 aromatic rings. The summed E-state index contributed by atoms with van der Waals surface area (Å²) in [5.41, 5.74) is 0.910. The van der Waals surface area contributed by atoms with Gasteiger partial charge in [-0.1, -0.05) is 36.0 Å². The second-order valence-corrected chi connectivity index (χ2v) is 8.65. The first-order valence-electron chi connectivity index (χ1n) is 9.91. The summed E-state index contributed by atoms with van der Waals surface area (Å²) in [5.74, 6) is 2.31. The van der Waals surface area contributed by atoms with Gasteiger partial charge in [-0.2, -0.15) is 0 Å². The molecule has 0 aliphatic rings. The second-order valence-electron chi connectivity index (χ2n) is 6.68. The van der Waals surface area contributed by atoms with E-state index < -0.39 is 0 Å². The summed E-state index contributed by atoms with van der Waals surface area (Å²) in [7, 11) is 1.62. The molecule has 4 rings (SSSR count). The first-order chi connectivity index (χ1) is 15.7. The number of carbonyl (C=O) groups is 1. The minimum Gasteiger partial charge on any atom is -0.497 e. The number of hydrogen-bond acceptors (Lipinski definition) is 7. The predicted octanol–water partition coefficient (Wildman–Crippen LogP) is 4.32. The Balaban J connectivity index is 1.44. The van der Waals surface area contributed by atoms with Crippen LogP contribution >= 0.6 is 23.1 Å². The molecule has 2 aromatic heterocycles. The molecule has 0 saturated heterocycles. The van der Waals surface area contributed by atoms with Gasteiger partial charge in [0.15, 0.2) is 11.0 Å². The Kier molecular flexibility index (Phi) is 7.42. The maximum absolute atomic E-state index is 12.3. The number of aromatic nitrogens is 3. The fraction of sp³-hybridized carbons (Fsp3) is 0.174. The summed E-state index contributed by atoms with van der Waals surface area (Å²) >= 11 is 2.96. The van der Waals surface area contributed by atoms with E-state index in [9.17, 15) is 4.79 Å². The Bertz CT molecular complexity index is 1130. The molecule has 0 atom stereocenters. The summed E-state index contributed by atoms with van der Waals surface area (Å²) in [5, 5.41) is 14.2. The van der Waals surface area contributed by atoms with E-state index in [0.29, 0.717) is 23.3 Å². The molecule has 7 nitrogen and oxygen atoms in total. The number of hydrogen-bond donors (Lipinski definition) is 1. The van der Waals surface area contributed by atoms with E-state index in [0.717, 1.165) is 16.3 Å². The first-order valence-corrected chi connectivity index (χ1v) is 11.8. The Morgan fingerprint density at radius 3 is 2.53 bits per heavy atom. The average molecular weight is 467 g/mol. The molecule has 0 radical (unpaired) electrons. The van der Waals surface area contributed by atoms with E-state index in [-0.39, 0.29) is 18.3 Å². The van der Waals surface area contributed by atoms with Crippen LogP contribution in [0.4, 0.5) is 0 Å². The van der Waals surface area contributed by atoms with Crippen LogP contribution in [0.1, 0.15) is 10.7 Å². The van der Waals surface area contributed by atoms with Gasteiger partial charge in [0.25, 0.3) is 0 Å². The van der Waals surface area contributed by atoms with Crippen molar-refractivity contribution in [1.82, 2.24) is 20.1 Å². The Morgan fingerprint density at radius 1 is 1.03 bits per heavy atom. The maximum atomic E-state index is 12.3. The lowest BCUT2D eigenvalue weighted by molar-refractivity contribution is -0.118. The molecule has 0 bridgehead atoms. The van der Waals surface area contributed by atoms with Gasteiger partial charge in [0.2, 0.25) is 5.91 Å². The summed E-state index contributed by atoms with van der Waals surface area (Å²) in [4.78, 5) is 13.4. The van der Waals surface area contributed by atoms with E-state index in [4.69, 9.17) is 9.47 Å². The van der Waals surface area contributed by atoms with Gasteiger partial charge < -0.3 is 14.8 Å². The highest BCUT2D eigenvalue weighted by molar-refractivity contribution is 7.99. The van der Waals surface area contributed by atoms with Crippen molar-refractivity contribution in [2.75, 3.05) is 12.9 Å². The van der Waals surface area contributed by atoms with Gasteiger partial charge in [0.05, 0.1) is 19.4 Å². The van der Waals surface area contributed by atoms with E-state index in [2.05, 4.69) is 15.5 Å². The van der Waals surface area contributed by atoms with Crippen LogP contribution in [0.5, 0.6) is 11.5 Å². The zero-order valence-corrected chi connectivity index (χ0v) is 19.1. The number of ether oxygens (including phenoxy) is 2. The molecule has 2 aromatic carbocycles. The van der Waals surface area contributed by atoms with Crippen molar-refractivity contribution in [3.05, 3.63) is 82.8 Å². The highest BCUT2D eigenvalue weighted by Gasteiger charge is 2.16. The lowest BCUT2D eigenvalue weighted by atomic mass is 10.3. The smallest absolute Gasteiger partial charge is 0.230 e. The largest absolute Gasteiger partial charge is 0.497 e. The standard InChI is InChI=1S/C23H22N4O3S2/c1-29-18-9-11-19(12-10-18)30-15-21-25-26-23(27(21)17-6-3-2-4-7-17)32-16-22(28)24-14-20-8-5-13-31-20/h2-13H,14-16H2,1H3,(H,24,28). The molecule has 9 heteroatoms. The van der Waals surface area contributed by atoms with E-state index in [1.807, 2.05) is 76.7 Å². The van der Waals surface area contributed by atoms with Crippen LogP contribution in [0.25, 0.3) is 5.69 Å². The summed E-state index contributed by atoms with van der Waals surface area (Å²) < 4.78 is 13.0. The van der Waals surface area contributed by atoms with Crippen molar-refractivity contribution in [3.8, 4) is 17.2 Å². The number of methoxy groups -OCH3 is 1. The van der Waals surface area contributed by atoms with Crippen molar-refractivity contribution in [2.45, 2.75) is 18.3 Å². The minimum atomic E-state index is -0.0537. The van der Waals surface area contributed by atoms with E-state index >= 15 is 0 Å². The molecule has 0 saturated carbocycles. The Hall–Kier alpha value is -3.30. The van der Waals surface area contributed by atoms with Crippen LogP contribution in [-0.2, 0) is 17.9 Å². The molecular formula is C23H22N4O3S2. The number of rotatable bonds is 10. The van der Waals surface area contributed by atoms with Crippen molar-refractivity contribution >= 4 is 29.0 Å². The van der Waals surface area contributed by atoms with Gasteiger partial charge in [-0.15, -0.1) is 21.5 Å². The molecule has 0 spiro atoms. The zero-order valence-electron chi connectivity index (χ0n) is 17.4. The molecule has 1 amide bonds. The molecule has 0 fully saturated rings. The van der Waals surface area contributed by atoms with Crippen molar-refractivity contribution in [1.29, 1.82) is 0 Å². The van der Waals surface area contributed by atoms with E-state index in [1.54, 1.807) is 18.4 Å². The van der Waals surface area contributed by atoms with Crippen LogP contribution in [0.3, 0.4) is 0 Å². The first kappa shape index (κ1) is 21.9. The molecule has 1 N–H and O–H groups in total. The number of nitrogens with one attached hydrogen (secondary N) is 1. The van der Waals surface area contributed by atoms with Crippen LogP contribution in [0.15, 0.2) is 77.3 Å². The summed E-state index contributed by atoms with van der Waals surface area (Å²) in [6, 6.07) is 21.1. The molecule has 32 heavy (non-hydrogen) atoms. The molecule has 0 aliphatic heterocycles. The quantitative estimate of drug-likeness (QED) is 0.351. The topological polar surface area (TPSA) is 78.3 Å². The average Bonchev–Trinajstić information content (AvgIpc) is 3.51. The lowest BCUT2D eigenvalue weighted by Gasteiger charge is -2.11. The van der Waals surface area contributed by atoms with Crippen molar-refractivity contribution < 1.29 is 14.3 Å². The van der Waals surface area contributed by atoms with Crippen LogP contribution < -0.4 is 14.8 Å². The third-order valence-electron chi connectivity index (χ3n) is 4.51.